The third kappa shape index (κ3) is 1.65. The van der Waals surface area contributed by atoms with Gasteiger partial charge in [-0.15, -0.1) is 0 Å². The van der Waals surface area contributed by atoms with E-state index in [1.54, 1.807) is 12.1 Å². The molecule has 0 spiro atoms. The molecule has 0 saturated carbocycles. The van der Waals surface area contributed by atoms with Gasteiger partial charge in [-0.2, -0.15) is 0 Å². The van der Waals surface area contributed by atoms with Crippen molar-refractivity contribution in [3.05, 3.63) is 51.1 Å². The fraction of sp³-hybridized carbons (Fsp3) is 0.200. The van der Waals surface area contributed by atoms with Crippen molar-refractivity contribution < 1.29 is 4.42 Å². The zero-order valence-corrected chi connectivity index (χ0v) is 8.71. The number of anilines is 1. The summed E-state index contributed by atoms with van der Waals surface area (Å²) in [4.78, 5) is 23.3. The van der Waals surface area contributed by atoms with Crippen molar-refractivity contribution in [2.75, 3.05) is 5.73 Å². The Bertz CT molecular complexity index is 607. The van der Waals surface area contributed by atoms with Crippen LogP contribution in [0.15, 0.2) is 38.5 Å². The second-order valence-corrected chi connectivity index (χ2v) is 3.41. The van der Waals surface area contributed by atoms with Gasteiger partial charge in [0.2, 0.25) is 0 Å². The maximum atomic E-state index is 11.7. The largest absolute Gasteiger partial charge is 0.467 e. The fourth-order valence-corrected chi connectivity index (χ4v) is 1.39. The minimum Gasteiger partial charge on any atom is -0.467 e. The molecule has 2 rings (SSSR count). The van der Waals surface area contributed by atoms with Gasteiger partial charge in [0, 0.05) is 13.1 Å². The highest BCUT2D eigenvalue weighted by Crippen LogP contribution is 2.00. The van der Waals surface area contributed by atoms with E-state index in [9.17, 15) is 9.59 Å². The summed E-state index contributed by atoms with van der Waals surface area (Å²) in [6, 6.07) is 4.61. The molecule has 84 valence electrons. The van der Waals surface area contributed by atoms with Gasteiger partial charge in [0.25, 0.3) is 5.56 Å². The van der Waals surface area contributed by atoms with E-state index in [4.69, 9.17) is 10.2 Å². The molecule has 0 aliphatic carbocycles. The van der Waals surface area contributed by atoms with E-state index in [0.717, 1.165) is 4.57 Å². The molecule has 2 heterocycles. The molecule has 2 N–H and O–H groups in total. The number of rotatable bonds is 2. The van der Waals surface area contributed by atoms with Gasteiger partial charge in [0.15, 0.2) is 0 Å². The van der Waals surface area contributed by atoms with E-state index in [0.29, 0.717) is 5.76 Å². The molecule has 0 atom stereocenters. The lowest BCUT2D eigenvalue weighted by atomic mass is 10.4. The van der Waals surface area contributed by atoms with Gasteiger partial charge in [0.1, 0.15) is 11.6 Å². The molecular formula is C10H11N3O3. The average molecular weight is 221 g/mol. The molecule has 2 aromatic heterocycles. The predicted molar refractivity (Wildman–Crippen MR) is 58.2 cm³/mol. The van der Waals surface area contributed by atoms with Crippen LogP contribution in [-0.4, -0.2) is 9.13 Å². The Labute approximate surface area is 90.5 Å². The van der Waals surface area contributed by atoms with Crippen LogP contribution in [0.5, 0.6) is 0 Å². The maximum absolute atomic E-state index is 11.7. The number of hydrogen-bond donors (Lipinski definition) is 1. The molecule has 0 radical (unpaired) electrons. The molecule has 0 amide bonds. The molecule has 2 aromatic rings. The monoisotopic (exact) mass is 221 g/mol. The number of nitrogens with two attached hydrogens (primary N) is 1. The highest BCUT2D eigenvalue weighted by Gasteiger charge is 2.08. The number of nitrogen functional groups attached to an aromatic ring is 1. The van der Waals surface area contributed by atoms with Crippen LogP contribution in [0.2, 0.25) is 0 Å². The van der Waals surface area contributed by atoms with Crippen LogP contribution in [0.1, 0.15) is 5.76 Å². The predicted octanol–water partition coefficient (Wildman–Crippen LogP) is -0.230. The van der Waals surface area contributed by atoms with Crippen LogP contribution in [0, 0.1) is 0 Å². The summed E-state index contributed by atoms with van der Waals surface area (Å²) in [5, 5.41) is 0. The lowest BCUT2D eigenvalue weighted by molar-refractivity contribution is 0.479. The van der Waals surface area contributed by atoms with Crippen molar-refractivity contribution in [2.24, 2.45) is 7.05 Å². The molecule has 0 bridgehead atoms. The SMILES string of the molecule is Cn1c(N)cc(=O)n(Cc2ccco2)c1=O. The molecule has 0 fully saturated rings. The summed E-state index contributed by atoms with van der Waals surface area (Å²) < 4.78 is 7.36. The first-order valence-corrected chi connectivity index (χ1v) is 4.68. The standard InChI is InChI=1S/C10H11N3O3/c1-12-8(11)5-9(14)13(10(12)15)6-7-3-2-4-16-7/h2-5H,6,11H2,1H3. The minimum atomic E-state index is -0.457. The third-order valence-corrected chi connectivity index (χ3v) is 2.34. The Kier molecular flexibility index (Phi) is 2.40. The van der Waals surface area contributed by atoms with Gasteiger partial charge in [-0.1, -0.05) is 0 Å². The summed E-state index contributed by atoms with van der Waals surface area (Å²) in [5.74, 6) is 0.690. The molecule has 16 heavy (non-hydrogen) atoms. The minimum absolute atomic E-state index is 0.110. The zero-order chi connectivity index (χ0) is 11.7. The van der Waals surface area contributed by atoms with Gasteiger partial charge in [-0.05, 0) is 12.1 Å². The van der Waals surface area contributed by atoms with E-state index < -0.39 is 11.2 Å². The third-order valence-electron chi connectivity index (χ3n) is 2.34. The molecule has 0 aliphatic rings. The molecular weight excluding hydrogens is 210 g/mol. The molecule has 0 aliphatic heterocycles. The van der Waals surface area contributed by atoms with Gasteiger partial charge in [0.05, 0.1) is 12.8 Å². The fourth-order valence-electron chi connectivity index (χ4n) is 1.39. The summed E-state index contributed by atoms with van der Waals surface area (Å²) in [7, 11) is 1.51. The van der Waals surface area contributed by atoms with Crippen LogP contribution in [0.3, 0.4) is 0 Å². The first-order chi connectivity index (χ1) is 7.59. The molecule has 0 aromatic carbocycles. The first kappa shape index (κ1) is 10.3. The molecule has 6 nitrogen and oxygen atoms in total. The van der Waals surface area contributed by atoms with Crippen LogP contribution in [0.4, 0.5) is 5.82 Å². The zero-order valence-electron chi connectivity index (χ0n) is 8.71. The number of furan rings is 1. The molecule has 6 heteroatoms. The van der Waals surface area contributed by atoms with Gasteiger partial charge >= 0.3 is 5.69 Å². The van der Waals surface area contributed by atoms with Crippen LogP contribution >= 0.6 is 0 Å². The smallest absolute Gasteiger partial charge is 0.332 e. The summed E-state index contributed by atoms with van der Waals surface area (Å²) in [6.07, 6.45) is 1.49. The van der Waals surface area contributed by atoms with E-state index in [1.807, 2.05) is 0 Å². The first-order valence-electron chi connectivity index (χ1n) is 4.68. The summed E-state index contributed by atoms with van der Waals surface area (Å²) in [5.41, 5.74) is 4.60. The Balaban J connectivity index is 2.54. The molecule has 0 unspecified atom stereocenters. The number of hydrogen-bond acceptors (Lipinski definition) is 4. The second kappa shape index (κ2) is 3.73. The Morgan fingerprint density at radius 3 is 2.81 bits per heavy atom. The van der Waals surface area contributed by atoms with E-state index >= 15 is 0 Å². The van der Waals surface area contributed by atoms with Crippen molar-refractivity contribution >= 4 is 5.82 Å². The highest BCUT2D eigenvalue weighted by molar-refractivity contribution is 5.26. The van der Waals surface area contributed by atoms with Crippen molar-refractivity contribution in [3.8, 4) is 0 Å². The Hall–Kier alpha value is -2.24. The topological polar surface area (TPSA) is 83.2 Å². The van der Waals surface area contributed by atoms with E-state index in [1.165, 1.54) is 23.9 Å². The Morgan fingerprint density at radius 1 is 1.44 bits per heavy atom. The van der Waals surface area contributed by atoms with Gasteiger partial charge in [-0.25, -0.2) is 4.79 Å². The lowest BCUT2D eigenvalue weighted by Crippen LogP contribution is -2.39. The van der Waals surface area contributed by atoms with E-state index in [-0.39, 0.29) is 12.4 Å². The quantitative estimate of drug-likeness (QED) is 0.759. The van der Waals surface area contributed by atoms with Gasteiger partial charge < -0.3 is 10.2 Å². The second-order valence-electron chi connectivity index (χ2n) is 3.41. The van der Waals surface area contributed by atoms with Crippen LogP contribution in [0.25, 0.3) is 0 Å². The lowest BCUT2D eigenvalue weighted by Gasteiger charge is -2.07. The Morgan fingerprint density at radius 2 is 2.19 bits per heavy atom. The number of nitrogens with zero attached hydrogens (tertiary/aromatic N) is 2. The summed E-state index contributed by atoms with van der Waals surface area (Å²) in [6.45, 7) is 0.110. The summed E-state index contributed by atoms with van der Waals surface area (Å²) >= 11 is 0. The van der Waals surface area contributed by atoms with Crippen molar-refractivity contribution in [2.45, 2.75) is 6.54 Å². The van der Waals surface area contributed by atoms with Crippen molar-refractivity contribution in [1.29, 1.82) is 0 Å². The van der Waals surface area contributed by atoms with Crippen LogP contribution < -0.4 is 17.0 Å². The number of aromatic nitrogens is 2. The van der Waals surface area contributed by atoms with E-state index in [2.05, 4.69) is 0 Å². The van der Waals surface area contributed by atoms with Crippen LogP contribution in [-0.2, 0) is 13.6 Å². The maximum Gasteiger partial charge on any atom is 0.332 e. The normalized spacial score (nSPS) is 10.6. The van der Waals surface area contributed by atoms with Gasteiger partial charge in [-0.3, -0.25) is 13.9 Å². The highest BCUT2D eigenvalue weighted by atomic mass is 16.3. The van der Waals surface area contributed by atoms with Crippen molar-refractivity contribution in [1.82, 2.24) is 9.13 Å². The van der Waals surface area contributed by atoms with Crippen molar-refractivity contribution in [3.63, 3.8) is 0 Å². The average Bonchev–Trinajstić information content (AvgIpc) is 2.74. The molecule has 0 saturated heterocycles.